The molecule has 0 aliphatic heterocycles. The molecule has 0 aromatic heterocycles. The van der Waals surface area contributed by atoms with Gasteiger partial charge in [-0.25, -0.2) is 0 Å². The lowest BCUT2D eigenvalue weighted by atomic mass is 9.83. The van der Waals surface area contributed by atoms with Crippen LogP contribution in [-0.2, 0) is 6.54 Å². The summed E-state index contributed by atoms with van der Waals surface area (Å²) in [6.07, 6.45) is 9.87. The fraction of sp³-hybridized carbons (Fsp3) is 0.667. The van der Waals surface area contributed by atoms with Gasteiger partial charge in [-0.15, -0.1) is 0 Å². The molecule has 1 aromatic carbocycles. The minimum atomic E-state index is 0.818. The lowest BCUT2D eigenvalue weighted by Gasteiger charge is -2.37. The van der Waals surface area contributed by atoms with Gasteiger partial charge in [0.25, 0.3) is 0 Å². The minimum Gasteiger partial charge on any atom is -0.399 e. The molecule has 3 rings (SSSR count). The third kappa shape index (κ3) is 3.35. The van der Waals surface area contributed by atoms with Crippen LogP contribution in [-0.4, -0.2) is 17.0 Å². The lowest BCUT2D eigenvalue weighted by molar-refractivity contribution is 0.113. The van der Waals surface area contributed by atoms with Gasteiger partial charge in [-0.05, 0) is 49.3 Å². The smallest absolute Gasteiger partial charge is 0.0314 e. The molecule has 110 valence electrons. The molecule has 2 heteroatoms. The average Bonchev–Trinajstić information content (AvgIpc) is 3.31. The van der Waals surface area contributed by atoms with Crippen LogP contribution in [0.25, 0.3) is 0 Å². The van der Waals surface area contributed by atoms with Crippen molar-refractivity contribution in [1.82, 2.24) is 4.90 Å². The van der Waals surface area contributed by atoms with Crippen LogP contribution in [0.15, 0.2) is 24.3 Å². The predicted octanol–water partition coefficient (Wildman–Crippen LogP) is 4.20. The van der Waals surface area contributed by atoms with Crippen LogP contribution in [0.5, 0.6) is 0 Å². The molecule has 2 atom stereocenters. The van der Waals surface area contributed by atoms with Gasteiger partial charge in [0.05, 0.1) is 0 Å². The van der Waals surface area contributed by atoms with E-state index in [2.05, 4.69) is 24.0 Å². The van der Waals surface area contributed by atoms with Crippen LogP contribution in [0.4, 0.5) is 5.69 Å². The van der Waals surface area contributed by atoms with E-state index in [9.17, 15) is 0 Å². The summed E-state index contributed by atoms with van der Waals surface area (Å²) in [7, 11) is 0. The summed E-state index contributed by atoms with van der Waals surface area (Å²) in [6, 6.07) is 10.1. The lowest BCUT2D eigenvalue weighted by Crippen LogP contribution is -2.39. The number of nitrogens with zero attached hydrogens (tertiary/aromatic N) is 1. The van der Waals surface area contributed by atoms with Crippen molar-refractivity contribution in [3.05, 3.63) is 29.8 Å². The Morgan fingerprint density at radius 2 is 1.80 bits per heavy atom. The fourth-order valence-electron chi connectivity index (χ4n) is 3.73. The molecule has 2 nitrogen and oxygen atoms in total. The Bertz CT molecular complexity index is 422. The van der Waals surface area contributed by atoms with E-state index in [0.29, 0.717) is 0 Å². The SMILES string of the molecule is CCC1CCCC(N(Cc2ccc(N)cc2)C2CC2)C1. The highest BCUT2D eigenvalue weighted by Crippen LogP contribution is 2.37. The van der Waals surface area contributed by atoms with Crippen LogP contribution in [0.3, 0.4) is 0 Å². The first kappa shape index (κ1) is 13.9. The highest BCUT2D eigenvalue weighted by Gasteiger charge is 2.35. The molecule has 2 unspecified atom stereocenters. The Balaban J connectivity index is 1.67. The summed E-state index contributed by atoms with van der Waals surface area (Å²) in [5, 5.41) is 0. The van der Waals surface area contributed by atoms with Crippen LogP contribution in [0.1, 0.15) is 57.4 Å². The molecule has 0 radical (unpaired) electrons. The average molecular weight is 272 g/mol. The third-order valence-corrected chi connectivity index (χ3v) is 5.16. The second-order valence-electron chi connectivity index (χ2n) is 6.74. The normalized spacial score (nSPS) is 26.9. The summed E-state index contributed by atoms with van der Waals surface area (Å²) in [6.45, 7) is 3.47. The molecule has 2 aliphatic rings. The summed E-state index contributed by atoms with van der Waals surface area (Å²) < 4.78 is 0. The number of anilines is 1. The van der Waals surface area contributed by atoms with Crippen LogP contribution in [0, 0.1) is 5.92 Å². The molecule has 0 heterocycles. The first-order valence-corrected chi connectivity index (χ1v) is 8.36. The van der Waals surface area contributed by atoms with E-state index in [1.165, 1.54) is 50.5 Å². The minimum absolute atomic E-state index is 0.818. The Hall–Kier alpha value is -1.02. The van der Waals surface area contributed by atoms with Crippen LogP contribution in [0.2, 0.25) is 0 Å². The zero-order valence-electron chi connectivity index (χ0n) is 12.7. The Kier molecular flexibility index (Phi) is 4.30. The van der Waals surface area contributed by atoms with E-state index in [1.54, 1.807) is 0 Å². The monoisotopic (exact) mass is 272 g/mol. The van der Waals surface area contributed by atoms with E-state index >= 15 is 0 Å². The van der Waals surface area contributed by atoms with E-state index in [1.807, 2.05) is 12.1 Å². The maximum absolute atomic E-state index is 5.80. The highest BCUT2D eigenvalue weighted by atomic mass is 15.2. The van der Waals surface area contributed by atoms with Gasteiger partial charge in [-0.2, -0.15) is 0 Å². The van der Waals surface area contributed by atoms with Crippen molar-refractivity contribution in [2.45, 2.75) is 70.5 Å². The largest absolute Gasteiger partial charge is 0.399 e. The van der Waals surface area contributed by atoms with Crippen molar-refractivity contribution in [2.75, 3.05) is 5.73 Å². The van der Waals surface area contributed by atoms with Crippen molar-refractivity contribution >= 4 is 5.69 Å². The zero-order chi connectivity index (χ0) is 13.9. The molecule has 2 saturated carbocycles. The maximum Gasteiger partial charge on any atom is 0.0314 e. The van der Waals surface area contributed by atoms with Gasteiger partial charge in [0, 0.05) is 24.3 Å². The molecule has 2 N–H and O–H groups in total. The highest BCUT2D eigenvalue weighted by molar-refractivity contribution is 5.39. The van der Waals surface area contributed by atoms with E-state index in [4.69, 9.17) is 5.73 Å². The van der Waals surface area contributed by atoms with Gasteiger partial charge >= 0.3 is 0 Å². The molecule has 0 spiro atoms. The number of nitrogens with two attached hydrogens (primary N) is 1. The van der Waals surface area contributed by atoms with Gasteiger partial charge in [0.1, 0.15) is 0 Å². The summed E-state index contributed by atoms with van der Waals surface area (Å²) in [5.74, 6) is 0.960. The second-order valence-corrected chi connectivity index (χ2v) is 6.74. The van der Waals surface area contributed by atoms with E-state index in [0.717, 1.165) is 30.2 Å². The number of hydrogen-bond donors (Lipinski definition) is 1. The van der Waals surface area contributed by atoms with Gasteiger partial charge < -0.3 is 5.73 Å². The number of rotatable bonds is 5. The van der Waals surface area contributed by atoms with Gasteiger partial charge in [-0.3, -0.25) is 4.90 Å². The van der Waals surface area contributed by atoms with Gasteiger partial charge in [-0.1, -0.05) is 38.3 Å². The standard InChI is InChI=1S/C18H28N2/c1-2-14-4-3-5-18(12-14)20(17-10-11-17)13-15-6-8-16(19)9-7-15/h6-9,14,17-18H,2-5,10-13,19H2,1H3. The van der Waals surface area contributed by atoms with E-state index < -0.39 is 0 Å². The molecule has 1 aromatic rings. The zero-order valence-corrected chi connectivity index (χ0v) is 12.7. The number of hydrogen-bond acceptors (Lipinski definition) is 2. The van der Waals surface area contributed by atoms with Crippen molar-refractivity contribution in [2.24, 2.45) is 5.92 Å². The maximum atomic E-state index is 5.80. The van der Waals surface area contributed by atoms with Crippen LogP contribution >= 0.6 is 0 Å². The predicted molar refractivity (Wildman–Crippen MR) is 85.5 cm³/mol. The van der Waals surface area contributed by atoms with Crippen molar-refractivity contribution in [1.29, 1.82) is 0 Å². The molecule has 20 heavy (non-hydrogen) atoms. The summed E-state index contributed by atoms with van der Waals surface area (Å²) in [5.41, 5.74) is 8.09. The first-order chi connectivity index (χ1) is 9.76. The number of nitrogen functional groups attached to an aromatic ring is 1. The second kappa shape index (κ2) is 6.17. The molecular formula is C18H28N2. The van der Waals surface area contributed by atoms with Crippen LogP contribution < -0.4 is 5.73 Å². The van der Waals surface area contributed by atoms with Crippen molar-refractivity contribution in [3.63, 3.8) is 0 Å². The Morgan fingerprint density at radius 1 is 1.05 bits per heavy atom. The molecule has 0 bridgehead atoms. The topological polar surface area (TPSA) is 29.3 Å². The van der Waals surface area contributed by atoms with Gasteiger partial charge in [0.2, 0.25) is 0 Å². The number of benzene rings is 1. The Morgan fingerprint density at radius 3 is 2.45 bits per heavy atom. The van der Waals surface area contributed by atoms with Crippen molar-refractivity contribution < 1.29 is 0 Å². The van der Waals surface area contributed by atoms with Crippen molar-refractivity contribution in [3.8, 4) is 0 Å². The summed E-state index contributed by atoms with van der Waals surface area (Å²) >= 11 is 0. The fourth-order valence-corrected chi connectivity index (χ4v) is 3.73. The van der Waals surface area contributed by atoms with Gasteiger partial charge in [0.15, 0.2) is 0 Å². The quantitative estimate of drug-likeness (QED) is 0.814. The molecule has 0 amide bonds. The molecule has 0 saturated heterocycles. The van der Waals surface area contributed by atoms with E-state index in [-0.39, 0.29) is 0 Å². The molecular weight excluding hydrogens is 244 g/mol. The Labute approximate surface area is 123 Å². The molecule has 2 aliphatic carbocycles. The third-order valence-electron chi connectivity index (χ3n) is 5.16. The molecule has 2 fully saturated rings. The summed E-state index contributed by atoms with van der Waals surface area (Å²) in [4.78, 5) is 2.80. The first-order valence-electron chi connectivity index (χ1n) is 8.36.